The summed E-state index contributed by atoms with van der Waals surface area (Å²) in [6.45, 7) is 4.61. The van der Waals surface area contributed by atoms with E-state index in [1.54, 1.807) is 0 Å². The number of hydrogen-bond donors (Lipinski definition) is 1. The van der Waals surface area contributed by atoms with E-state index in [1.807, 2.05) is 0 Å². The average molecular weight is 235 g/mol. The summed E-state index contributed by atoms with van der Waals surface area (Å²) in [6.07, 6.45) is 2.68. The SMILES string of the molecule is CC(NC1CCCSC1C)c1ccccc1. The van der Waals surface area contributed by atoms with Gasteiger partial charge in [0, 0.05) is 17.3 Å². The third-order valence-corrected chi connectivity index (χ3v) is 4.75. The Morgan fingerprint density at radius 2 is 2.06 bits per heavy atom. The van der Waals surface area contributed by atoms with Crippen LogP contribution in [0.2, 0.25) is 0 Å². The molecular formula is C14H21NS. The van der Waals surface area contributed by atoms with E-state index in [0.29, 0.717) is 12.1 Å². The van der Waals surface area contributed by atoms with Gasteiger partial charge in [-0.25, -0.2) is 0 Å². The Morgan fingerprint density at radius 1 is 1.31 bits per heavy atom. The highest BCUT2D eigenvalue weighted by Gasteiger charge is 2.23. The van der Waals surface area contributed by atoms with Crippen molar-refractivity contribution in [2.24, 2.45) is 0 Å². The predicted molar refractivity (Wildman–Crippen MR) is 72.9 cm³/mol. The molecule has 2 rings (SSSR count). The van der Waals surface area contributed by atoms with Gasteiger partial charge in [-0.05, 0) is 31.1 Å². The molecule has 1 saturated heterocycles. The molecule has 3 atom stereocenters. The van der Waals surface area contributed by atoms with E-state index < -0.39 is 0 Å². The first-order valence-corrected chi connectivity index (χ1v) is 7.25. The highest BCUT2D eigenvalue weighted by atomic mass is 32.2. The smallest absolute Gasteiger partial charge is 0.0294 e. The lowest BCUT2D eigenvalue weighted by atomic mass is 10.0. The lowest BCUT2D eigenvalue weighted by Crippen LogP contribution is -2.40. The Hall–Kier alpha value is -0.470. The molecule has 1 N–H and O–H groups in total. The van der Waals surface area contributed by atoms with Crippen molar-refractivity contribution in [2.75, 3.05) is 5.75 Å². The summed E-state index contributed by atoms with van der Waals surface area (Å²) in [4.78, 5) is 0. The molecule has 0 aliphatic carbocycles. The van der Waals surface area contributed by atoms with E-state index >= 15 is 0 Å². The fraction of sp³-hybridized carbons (Fsp3) is 0.571. The maximum atomic E-state index is 3.76. The number of benzene rings is 1. The van der Waals surface area contributed by atoms with Crippen LogP contribution in [0.25, 0.3) is 0 Å². The van der Waals surface area contributed by atoms with Crippen molar-refractivity contribution < 1.29 is 0 Å². The number of nitrogens with one attached hydrogen (secondary N) is 1. The van der Waals surface area contributed by atoms with Crippen LogP contribution < -0.4 is 5.32 Å². The zero-order chi connectivity index (χ0) is 11.4. The van der Waals surface area contributed by atoms with Gasteiger partial charge in [0.2, 0.25) is 0 Å². The molecule has 1 nitrogen and oxygen atoms in total. The first-order chi connectivity index (χ1) is 7.77. The van der Waals surface area contributed by atoms with Crippen LogP contribution in [0.4, 0.5) is 0 Å². The number of thioether (sulfide) groups is 1. The van der Waals surface area contributed by atoms with Crippen LogP contribution in [0.3, 0.4) is 0 Å². The summed E-state index contributed by atoms with van der Waals surface area (Å²) in [5, 5.41) is 4.51. The summed E-state index contributed by atoms with van der Waals surface area (Å²) < 4.78 is 0. The molecule has 2 heteroatoms. The molecule has 16 heavy (non-hydrogen) atoms. The topological polar surface area (TPSA) is 12.0 Å². The zero-order valence-corrected chi connectivity index (χ0v) is 11.0. The van der Waals surface area contributed by atoms with Crippen LogP contribution in [0.15, 0.2) is 30.3 Å². The second-order valence-corrected chi connectivity index (χ2v) is 6.11. The van der Waals surface area contributed by atoms with Gasteiger partial charge in [0.05, 0.1) is 0 Å². The van der Waals surface area contributed by atoms with E-state index in [2.05, 4.69) is 61.3 Å². The van der Waals surface area contributed by atoms with Crippen LogP contribution in [0, 0.1) is 0 Å². The summed E-state index contributed by atoms with van der Waals surface area (Å²) in [6, 6.07) is 11.9. The molecule has 0 bridgehead atoms. The van der Waals surface area contributed by atoms with Gasteiger partial charge >= 0.3 is 0 Å². The fourth-order valence-corrected chi connectivity index (χ4v) is 3.45. The van der Waals surface area contributed by atoms with Gasteiger partial charge in [-0.15, -0.1) is 0 Å². The van der Waals surface area contributed by atoms with Crippen LogP contribution in [-0.4, -0.2) is 17.0 Å². The lowest BCUT2D eigenvalue weighted by Gasteiger charge is -2.32. The zero-order valence-electron chi connectivity index (χ0n) is 10.1. The van der Waals surface area contributed by atoms with E-state index in [0.717, 1.165) is 5.25 Å². The quantitative estimate of drug-likeness (QED) is 0.858. The van der Waals surface area contributed by atoms with E-state index in [4.69, 9.17) is 0 Å². The minimum Gasteiger partial charge on any atom is -0.306 e. The molecule has 1 aromatic rings. The average Bonchev–Trinajstić information content (AvgIpc) is 2.33. The summed E-state index contributed by atoms with van der Waals surface area (Å²) in [5.41, 5.74) is 1.39. The van der Waals surface area contributed by atoms with Crippen LogP contribution in [0.5, 0.6) is 0 Å². The predicted octanol–water partition coefficient (Wildman–Crippen LogP) is 3.62. The van der Waals surface area contributed by atoms with Crippen molar-refractivity contribution in [1.82, 2.24) is 5.32 Å². The molecule has 88 valence electrons. The van der Waals surface area contributed by atoms with Gasteiger partial charge in [0.1, 0.15) is 0 Å². The molecule has 0 radical (unpaired) electrons. The van der Waals surface area contributed by atoms with Gasteiger partial charge < -0.3 is 5.32 Å². The van der Waals surface area contributed by atoms with Crippen molar-refractivity contribution >= 4 is 11.8 Å². The maximum absolute atomic E-state index is 3.76. The Labute approximate surface area is 103 Å². The number of hydrogen-bond acceptors (Lipinski definition) is 2. The second-order valence-electron chi connectivity index (χ2n) is 4.62. The standard InChI is InChI=1S/C14H21NS/c1-11(13-7-4-3-5-8-13)15-14-9-6-10-16-12(14)2/h3-5,7-8,11-12,14-15H,6,9-10H2,1-2H3. The van der Waals surface area contributed by atoms with Gasteiger partial charge in [-0.3, -0.25) is 0 Å². The second kappa shape index (κ2) is 5.74. The molecule has 1 heterocycles. The third kappa shape index (κ3) is 3.02. The molecule has 0 aromatic heterocycles. The van der Waals surface area contributed by atoms with Gasteiger partial charge in [0.25, 0.3) is 0 Å². The molecule has 1 aliphatic rings. The normalized spacial score (nSPS) is 27.6. The largest absolute Gasteiger partial charge is 0.306 e. The minimum atomic E-state index is 0.465. The fourth-order valence-electron chi connectivity index (χ4n) is 2.30. The van der Waals surface area contributed by atoms with Crippen LogP contribution in [0.1, 0.15) is 38.3 Å². The monoisotopic (exact) mass is 235 g/mol. The summed E-state index contributed by atoms with van der Waals surface area (Å²) >= 11 is 2.10. The molecule has 0 amide bonds. The number of rotatable bonds is 3. The Morgan fingerprint density at radius 3 is 2.75 bits per heavy atom. The first-order valence-electron chi connectivity index (χ1n) is 6.20. The maximum Gasteiger partial charge on any atom is 0.0294 e. The van der Waals surface area contributed by atoms with Crippen LogP contribution >= 0.6 is 11.8 Å². The van der Waals surface area contributed by atoms with Gasteiger partial charge in [-0.2, -0.15) is 11.8 Å². The molecule has 0 saturated carbocycles. The van der Waals surface area contributed by atoms with Crippen molar-refractivity contribution in [3.63, 3.8) is 0 Å². The van der Waals surface area contributed by atoms with Gasteiger partial charge in [0.15, 0.2) is 0 Å². The van der Waals surface area contributed by atoms with E-state index in [-0.39, 0.29) is 0 Å². The highest BCUT2D eigenvalue weighted by molar-refractivity contribution is 7.99. The van der Waals surface area contributed by atoms with E-state index in [1.165, 1.54) is 24.2 Å². The molecule has 1 aromatic carbocycles. The molecule has 1 fully saturated rings. The minimum absolute atomic E-state index is 0.465. The molecule has 0 spiro atoms. The van der Waals surface area contributed by atoms with Crippen molar-refractivity contribution in [3.8, 4) is 0 Å². The van der Waals surface area contributed by atoms with Crippen molar-refractivity contribution in [2.45, 2.75) is 44.0 Å². The third-order valence-electron chi connectivity index (χ3n) is 3.37. The van der Waals surface area contributed by atoms with E-state index in [9.17, 15) is 0 Å². The first kappa shape index (κ1) is 12.0. The Bertz CT molecular complexity index is 312. The van der Waals surface area contributed by atoms with Gasteiger partial charge in [-0.1, -0.05) is 37.3 Å². The van der Waals surface area contributed by atoms with Crippen LogP contribution in [-0.2, 0) is 0 Å². The summed E-state index contributed by atoms with van der Waals surface area (Å²) in [5.74, 6) is 1.33. The van der Waals surface area contributed by atoms with Crippen molar-refractivity contribution in [1.29, 1.82) is 0 Å². The molecule has 3 unspecified atom stereocenters. The lowest BCUT2D eigenvalue weighted by molar-refractivity contribution is 0.417. The Balaban J connectivity index is 1.94. The van der Waals surface area contributed by atoms with Crippen molar-refractivity contribution in [3.05, 3.63) is 35.9 Å². The Kier molecular flexibility index (Phi) is 4.30. The molecular weight excluding hydrogens is 214 g/mol. The highest BCUT2D eigenvalue weighted by Crippen LogP contribution is 2.27. The molecule has 1 aliphatic heterocycles. The summed E-state index contributed by atoms with van der Waals surface area (Å²) in [7, 11) is 0.